The van der Waals surface area contributed by atoms with E-state index in [4.69, 9.17) is 32.0 Å². The number of nitrogens with two attached hydrogens (primary N) is 1. The summed E-state index contributed by atoms with van der Waals surface area (Å²) >= 11 is 6.38. The van der Waals surface area contributed by atoms with Gasteiger partial charge in [0.25, 0.3) is 5.91 Å². The third-order valence-electron chi connectivity index (χ3n) is 5.39. The van der Waals surface area contributed by atoms with Crippen molar-refractivity contribution in [3.8, 4) is 11.4 Å². The fourth-order valence-electron chi connectivity index (χ4n) is 3.86. The smallest absolute Gasteiger partial charge is 0.261 e. The molecular formula is C25H20ClN5O2. The lowest BCUT2D eigenvalue weighted by Crippen LogP contribution is -2.14. The predicted molar refractivity (Wildman–Crippen MR) is 131 cm³/mol. The number of hydrogen-bond donors (Lipinski definition) is 2. The molecule has 3 N–H and O–H groups in total. The minimum absolute atomic E-state index is 0.215. The van der Waals surface area contributed by atoms with Crippen molar-refractivity contribution in [1.29, 1.82) is 0 Å². The van der Waals surface area contributed by atoms with Crippen molar-refractivity contribution in [2.24, 2.45) is 0 Å². The van der Waals surface area contributed by atoms with E-state index in [-0.39, 0.29) is 17.3 Å². The average molecular weight is 458 g/mol. The first-order valence-corrected chi connectivity index (χ1v) is 10.6. The van der Waals surface area contributed by atoms with Gasteiger partial charge in [0.05, 0.1) is 28.9 Å². The highest BCUT2D eigenvalue weighted by atomic mass is 35.5. The van der Waals surface area contributed by atoms with E-state index in [0.29, 0.717) is 44.3 Å². The predicted octanol–water partition coefficient (Wildman–Crippen LogP) is 5.38. The highest BCUT2D eigenvalue weighted by Gasteiger charge is 2.25. The summed E-state index contributed by atoms with van der Waals surface area (Å²) in [6.45, 7) is 1.96. The lowest BCUT2D eigenvalue weighted by Gasteiger charge is -2.10. The zero-order valence-electron chi connectivity index (χ0n) is 18.0. The molecular weight excluding hydrogens is 438 g/mol. The number of amides is 1. The van der Waals surface area contributed by atoms with Crippen molar-refractivity contribution in [2.75, 3.05) is 18.2 Å². The van der Waals surface area contributed by atoms with Gasteiger partial charge in [0, 0.05) is 5.69 Å². The van der Waals surface area contributed by atoms with Crippen molar-refractivity contribution in [2.45, 2.75) is 6.92 Å². The normalized spacial score (nSPS) is 11.1. The van der Waals surface area contributed by atoms with Crippen LogP contribution in [0.2, 0.25) is 5.02 Å². The molecule has 0 bridgehead atoms. The number of ether oxygens (including phenoxy) is 1. The van der Waals surface area contributed by atoms with Crippen LogP contribution in [-0.2, 0) is 0 Å². The van der Waals surface area contributed by atoms with E-state index in [1.54, 1.807) is 29.9 Å². The number of aryl methyl sites for hydroxylation is 1. The molecule has 0 saturated heterocycles. The summed E-state index contributed by atoms with van der Waals surface area (Å²) in [5.41, 5.74) is 11.4. The molecule has 0 spiro atoms. The number of nitrogen functional groups attached to an aromatic ring is 1. The number of benzene rings is 3. The molecule has 164 valence electrons. The molecule has 7 nitrogen and oxygen atoms in total. The number of carbonyl (C=O) groups excluding carboxylic acids is 1. The first-order chi connectivity index (χ1) is 16.0. The van der Waals surface area contributed by atoms with Gasteiger partial charge in [0.15, 0.2) is 5.65 Å². The minimum Gasteiger partial charge on any atom is -0.495 e. The number of halogens is 1. The van der Waals surface area contributed by atoms with Crippen LogP contribution in [0.3, 0.4) is 0 Å². The summed E-state index contributed by atoms with van der Waals surface area (Å²) in [5.74, 6) is 0.377. The number of aromatic nitrogens is 3. The van der Waals surface area contributed by atoms with Crippen LogP contribution in [0.5, 0.6) is 5.75 Å². The number of carbonyl (C=O) groups is 1. The molecule has 0 aliphatic rings. The van der Waals surface area contributed by atoms with Gasteiger partial charge >= 0.3 is 0 Å². The Bertz CT molecular complexity index is 1540. The Kier molecular flexibility index (Phi) is 5.11. The molecule has 0 aliphatic carbocycles. The number of methoxy groups -OCH3 is 1. The third-order valence-corrected chi connectivity index (χ3v) is 5.69. The average Bonchev–Trinajstić information content (AvgIpc) is 3.08. The maximum atomic E-state index is 13.4. The third kappa shape index (κ3) is 3.62. The van der Waals surface area contributed by atoms with Crippen LogP contribution in [0.4, 0.5) is 11.5 Å². The molecule has 8 heteroatoms. The first-order valence-electron chi connectivity index (χ1n) is 10.2. The van der Waals surface area contributed by atoms with Crippen LogP contribution < -0.4 is 15.8 Å². The lowest BCUT2D eigenvalue weighted by molar-refractivity contribution is 0.102. The van der Waals surface area contributed by atoms with Crippen LogP contribution >= 0.6 is 11.6 Å². The maximum Gasteiger partial charge on any atom is 0.261 e. The second-order valence-electron chi connectivity index (χ2n) is 7.62. The quantitative estimate of drug-likeness (QED) is 0.378. The van der Waals surface area contributed by atoms with Crippen molar-refractivity contribution in [3.05, 3.63) is 82.9 Å². The van der Waals surface area contributed by atoms with Gasteiger partial charge in [-0.25, -0.2) is 9.97 Å². The molecule has 1 amide bonds. The molecule has 0 radical (unpaired) electrons. The molecule has 2 aromatic heterocycles. The number of nitrogens with zero attached hydrogens (tertiary/aromatic N) is 3. The number of para-hydroxylation sites is 2. The SMILES string of the molecule is COc1ccc(-n2c(N)c(C(=O)Nc3cccc(C)c3)c3nc4ccccc4nc32)cc1Cl. The molecule has 33 heavy (non-hydrogen) atoms. The Morgan fingerprint density at radius 1 is 1.03 bits per heavy atom. The van der Waals surface area contributed by atoms with E-state index in [1.165, 1.54) is 0 Å². The maximum absolute atomic E-state index is 13.4. The number of fused-ring (bicyclic) bond motifs is 2. The molecule has 0 fully saturated rings. The molecule has 0 aliphatic heterocycles. The van der Waals surface area contributed by atoms with Gasteiger partial charge in [0.2, 0.25) is 0 Å². The van der Waals surface area contributed by atoms with E-state index in [1.807, 2.05) is 55.5 Å². The molecule has 0 unspecified atom stereocenters. The van der Waals surface area contributed by atoms with Crippen molar-refractivity contribution >= 4 is 51.2 Å². The standard InChI is InChI=1S/C25H20ClN5O2/c1-14-6-5-7-15(12-14)28-25(32)21-22-24(30-19-9-4-3-8-18(19)29-22)31(23(21)27)16-10-11-20(33-2)17(26)13-16/h3-13H,27H2,1-2H3,(H,28,32). The van der Waals surface area contributed by atoms with Gasteiger partial charge in [-0.3, -0.25) is 9.36 Å². The molecule has 5 aromatic rings. The van der Waals surface area contributed by atoms with E-state index in [2.05, 4.69) is 5.32 Å². The number of rotatable bonds is 4. The van der Waals surface area contributed by atoms with Gasteiger partial charge in [0.1, 0.15) is 22.6 Å². The van der Waals surface area contributed by atoms with Crippen molar-refractivity contribution in [1.82, 2.24) is 14.5 Å². The number of anilines is 2. The Morgan fingerprint density at radius 3 is 2.48 bits per heavy atom. The molecule has 0 atom stereocenters. The minimum atomic E-state index is -0.369. The summed E-state index contributed by atoms with van der Waals surface area (Å²) in [7, 11) is 1.55. The lowest BCUT2D eigenvalue weighted by atomic mass is 10.2. The summed E-state index contributed by atoms with van der Waals surface area (Å²) in [6, 6.07) is 20.3. The van der Waals surface area contributed by atoms with Gasteiger partial charge in [-0.1, -0.05) is 35.9 Å². The molecule has 3 aromatic carbocycles. The monoisotopic (exact) mass is 457 g/mol. The second-order valence-corrected chi connectivity index (χ2v) is 8.03. The Morgan fingerprint density at radius 2 is 1.79 bits per heavy atom. The van der Waals surface area contributed by atoms with E-state index < -0.39 is 0 Å². The zero-order chi connectivity index (χ0) is 23.1. The fourth-order valence-corrected chi connectivity index (χ4v) is 4.11. The zero-order valence-corrected chi connectivity index (χ0v) is 18.7. The van der Waals surface area contributed by atoms with E-state index in [0.717, 1.165) is 5.56 Å². The Labute approximate surface area is 194 Å². The Hall–Kier alpha value is -4.10. The molecule has 2 heterocycles. The van der Waals surface area contributed by atoms with Crippen LogP contribution in [0.15, 0.2) is 66.7 Å². The van der Waals surface area contributed by atoms with Crippen LogP contribution in [0.25, 0.3) is 27.9 Å². The topological polar surface area (TPSA) is 95.1 Å². The van der Waals surface area contributed by atoms with Gasteiger partial charge in [-0.2, -0.15) is 0 Å². The van der Waals surface area contributed by atoms with Crippen LogP contribution in [0, 0.1) is 6.92 Å². The van der Waals surface area contributed by atoms with E-state index >= 15 is 0 Å². The summed E-state index contributed by atoms with van der Waals surface area (Å²) in [6.07, 6.45) is 0. The van der Waals surface area contributed by atoms with Gasteiger partial charge < -0.3 is 15.8 Å². The van der Waals surface area contributed by atoms with Crippen LogP contribution in [-0.4, -0.2) is 27.6 Å². The summed E-state index contributed by atoms with van der Waals surface area (Å²) < 4.78 is 6.95. The second kappa shape index (κ2) is 8.11. The fraction of sp³-hybridized carbons (Fsp3) is 0.0800. The molecule has 5 rings (SSSR count). The number of hydrogen-bond acceptors (Lipinski definition) is 5. The van der Waals surface area contributed by atoms with E-state index in [9.17, 15) is 4.79 Å². The number of nitrogens with one attached hydrogen (secondary N) is 1. The van der Waals surface area contributed by atoms with Crippen LogP contribution in [0.1, 0.15) is 15.9 Å². The van der Waals surface area contributed by atoms with Gasteiger partial charge in [-0.05, 0) is 55.0 Å². The summed E-state index contributed by atoms with van der Waals surface area (Å²) in [4.78, 5) is 22.9. The first kappa shape index (κ1) is 20.8. The Balaban J connectivity index is 1.75. The highest BCUT2D eigenvalue weighted by molar-refractivity contribution is 6.32. The highest BCUT2D eigenvalue weighted by Crippen LogP contribution is 2.34. The van der Waals surface area contributed by atoms with Crippen molar-refractivity contribution in [3.63, 3.8) is 0 Å². The molecule has 0 saturated carbocycles. The summed E-state index contributed by atoms with van der Waals surface area (Å²) in [5, 5.41) is 3.34. The van der Waals surface area contributed by atoms with Crippen molar-refractivity contribution < 1.29 is 9.53 Å². The largest absolute Gasteiger partial charge is 0.495 e. The van der Waals surface area contributed by atoms with Gasteiger partial charge in [-0.15, -0.1) is 0 Å².